The summed E-state index contributed by atoms with van der Waals surface area (Å²) >= 11 is 0. The minimum absolute atomic E-state index is 0.555. The lowest BCUT2D eigenvalue weighted by atomic mass is 10.1. The van der Waals surface area contributed by atoms with Crippen LogP contribution < -0.4 is 10.5 Å². The summed E-state index contributed by atoms with van der Waals surface area (Å²) in [5.41, 5.74) is 7.23. The van der Waals surface area contributed by atoms with Crippen LogP contribution in [-0.2, 0) is 17.3 Å². The molecule has 1 aromatic heterocycles. The fourth-order valence-corrected chi connectivity index (χ4v) is 2.45. The zero-order valence-electron chi connectivity index (χ0n) is 11.4. The minimum atomic E-state index is -0.820. The van der Waals surface area contributed by atoms with Gasteiger partial charge in [0.25, 0.3) is 0 Å². The average Bonchev–Trinajstić information content (AvgIpc) is 2.86. The van der Waals surface area contributed by atoms with Crippen molar-refractivity contribution in [2.75, 3.05) is 24.9 Å². The second-order valence-electron chi connectivity index (χ2n) is 4.28. The Labute approximate surface area is 119 Å². The monoisotopic (exact) mass is 295 g/mol. The summed E-state index contributed by atoms with van der Waals surface area (Å²) in [5, 5.41) is 11.7. The second-order valence-corrected chi connectivity index (χ2v) is 5.84. The van der Waals surface area contributed by atoms with Crippen LogP contribution >= 0.6 is 0 Å². The number of aryl methyl sites for hydroxylation is 1. The lowest BCUT2D eigenvalue weighted by molar-refractivity contribution is 0.416. The third-order valence-electron chi connectivity index (χ3n) is 2.84. The van der Waals surface area contributed by atoms with E-state index in [1.807, 2.05) is 12.1 Å². The van der Waals surface area contributed by atoms with Crippen LogP contribution in [0.25, 0.3) is 11.4 Å². The smallest absolute Gasteiger partial charge is 0.187 e. The number of anilines is 1. The third-order valence-corrected chi connectivity index (χ3v) is 3.70. The van der Waals surface area contributed by atoms with Crippen molar-refractivity contribution >= 4 is 16.5 Å². The van der Waals surface area contributed by atoms with Gasteiger partial charge in [-0.3, -0.25) is 4.21 Å². The molecule has 2 rings (SSSR count). The van der Waals surface area contributed by atoms with Crippen LogP contribution in [0.1, 0.15) is 6.42 Å². The number of hydrogen-bond donors (Lipinski definition) is 1. The molecule has 0 bridgehead atoms. The summed E-state index contributed by atoms with van der Waals surface area (Å²) < 4.78 is 18.1. The summed E-state index contributed by atoms with van der Waals surface area (Å²) in [4.78, 5) is 0. The van der Waals surface area contributed by atoms with Crippen LogP contribution in [0.2, 0.25) is 0 Å². The van der Waals surface area contributed by atoms with E-state index in [1.165, 1.54) is 0 Å². The van der Waals surface area contributed by atoms with E-state index >= 15 is 0 Å². The number of tetrazole rings is 1. The molecular weight excluding hydrogens is 278 g/mol. The van der Waals surface area contributed by atoms with E-state index in [0.29, 0.717) is 35.1 Å². The highest BCUT2D eigenvalue weighted by molar-refractivity contribution is 7.84. The largest absolute Gasteiger partial charge is 0.496 e. The van der Waals surface area contributed by atoms with Gasteiger partial charge in [-0.15, -0.1) is 5.10 Å². The molecule has 0 aliphatic carbocycles. The van der Waals surface area contributed by atoms with Crippen molar-refractivity contribution in [1.82, 2.24) is 20.2 Å². The quantitative estimate of drug-likeness (QED) is 0.788. The van der Waals surface area contributed by atoms with Gasteiger partial charge < -0.3 is 10.5 Å². The van der Waals surface area contributed by atoms with Crippen LogP contribution in [0.3, 0.4) is 0 Å². The summed E-state index contributed by atoms with van der Waals surface area (Å²) in [6.07, 6.45) is 2.41. The molecule has 2 N–H and O–H groups in total. The SMILES string of the molecule is COc1cccc(N)c1-c1nnnn1CCCS(C)=O. The molecule has 0 fully saturated rings. The van der Waals surface area contributed by atoms with Crippen molar-refractivity contribution in [3.05, 3.63) is 18.2 Å². The Morgan fingerprint density at radius 3 is 2.95 bits per heavy atom. The maximum atomic E-state index is 11.1. The minimum Gasteiger partial charge on any atom is -0.496 e. The van der Waals surface area contributed by atoms with Gasteiger partial charge in [0.1, 0.15) is 5.75 Å². The van der Waals surface area contributed by atoms with Crippen LogP contribution in [0.5, 0.6) is 5.75 Å². The van der Waals surface area contributed by atoms with Crippen molar-refractivity contribution in [3.8, 4) is 17.1 Å². The van der Waals surface area contributed by atoms with Gasteiger partial charge in [-0.05, 0) is 29.0 Å². The van der Waals surface area contributed by atoms with Crippen LogP contribution in [0.4, 0.5) is 5.69 Å². The van der Waals surface area contributed by atoms with E-state index in [1.54, 1.807) is 24.1 Å². The Morgan fingerprint density at radius 1 is 1.45 bits per heavy atom. The molecule has 0 radical (unpaired) electrons. The number of rotatable bonds is 6. The predicted molar refractivity (Wildman–Crippen MR) is 77.8 cm³/mol. The van der Waals surface area contributed by atoms with Gasteiger partial charge in [-0.2, -0.15) is 0 Å². The molecular formula is C12H17N5O2S. The fraction of sp³-hybridized carbons (Fsp3) is 0.417. The lowest BCUT2D eigenvalue weighted by Crippen LogP contribution is -2.08. The molecule has 1 aromatic carbocycles. The predicted octanol–water partition coefficient (Wildman–Crippen LogP) is 0.699. The molecule has 1 heterocycles. The number of nitrogen functional groups attached to an aromatic ring is 1. The van der Waals surface area contributed by atoms with Crippen LogP contribution in [0, 0.1) is 0 Å². The standard InChI is InChI=1S/C12H17N5O2S/c1-19-10-6-3-5-9(13)11(10)12-14-15-16-17(12)7-4-8-20(2)18/h3,5-6H,4,7-8,13H2,1-2H3. The van der Waals surface area contributed by atoms with Gasteiger partial charge in [0.2, 0.25) is 0 Å². The first-order valence-electron chi connectivity index (χ1n) is 6.12. The Balaban J connectivity index is 2.30. The van der Waals surface area contributed by atoms with E-state index in [-0.39, 0.29) is 0 Å². The summed E-state index contributed by atoms with van der Waals surface area (Å²) in [6, 6.07) is 5.40. The van der Waals surface area contributed by atoms with Gasteiger partial charge in [-0.1, -0.05) is 6.07 Å². The highest BCUT2D eigenvalue weighted by Crippen LogP contribution is 2.33. The van der Waals surface area contributed by atoms with E-state index < -0.39 is 10.8 Å². The van der Waals surface area contributed by atoms with Gasteiger partial charge in [-0.25, -0.2) is 4.68 Å². The summed E-state index contributed by atoms with van der Waals surface area (Å²) in [6.45, 7) is 0.583. The Morgan fingerprint density at radius 2 is 2.25 bits per heavy atom. The molecule has 0 aliphatic heterocycles. The van der Waals surface area contributed by atoms with Crippen molar-refractivity contribution in [2.24, 2.45) is 0 Å². The molecule has 1 atom stereocenters. The molecule has 0 aliphatic rings. The number of hydrogen-bond acceptors (Lipinski definition) is 6. The number of ether oxygens (including phenoxy) is 1. The number of aromatic nitrogens is 4. The first-order chi connectivity index (χ1) is 9.63. The number of methoxy groups -OCH3 is 1. The van der Waals surface area contributed by atoms with Crippen molar-refractivity contribution in [2.45, 2.75) is 13.0 Å². The molecule has 7 nitrogen and oxygen atoms in total. The van der Waals surface area contributed by atoms with Crippen LogP contribution in [-0.4, -0.2) is 43.5 Å². The average molecular weight is 295 g/mol. The maximum Gasteiger partial charge on any atom is 0.187 e. The van der Waals surface area contributed by atoms with Gasteiger partial charge in [0.15, 0.2) is 5.82 Å². The molecule has 108 valence electrons. The number of nitrogens with zero attached hydrogens (tertiary/aromatic N) is 4. The molecule has 0 spiro atoms. The summed E-state index contributed by atoms with van der Waals surface area (Å²) in [7, 11) is 0.756. The zero-order valence-corrected chi connectivity index (χ0v) is 12.3. The second kappa shape index (κ2) is 6.47. The highest BCUT2D eigenvalue weighted by atomic mass is 32.2. The number of benzene rings is 1. The van der Waals surface area contributed by atoms with Gasteiger partial charge in [0.05, 0.1) is 12.7 Å². The lowest BCUT2D eigenvalue weighted by Gasteiger charge is -2.10. The topological polar surface area (TPSA) is 95.9 Å². The maximum absolute atomic E-state index is 11.1. The molecule has 1 unspecified atom stereocenters. The molecule has 8 heteroatoms. The Hall–Kier alpha value is -1.96. The van der Waals surface area contributed by atoms with E-state index in [9.17, 15) is 4.21 Å². The molecule has 20 heavy (non-hydrogen) atoms. The summed E-state index contributed by atoms with van der Waals surface area (Å²) in [5.74, 6) is 1.79. The first kappa shape index (κ1) is 14.4. The van der Waals surface area contributed by atoms with Gasteiger partial charge in [0, 0.05) is 35.0 Å². The third kappa shape index (κ3) is 3.13. The Bertz CT molecular complexity index is 614. The van der Waals surface area contributed by atoms with E-state index in [0.717, 1.165) is 6.42 Å². The Kier molecular flexibility index (Phi) is 4.67. The van der Waals surface area contributed by atoms with E-state index in [2.05, 4.69) is 15.5 Å². The van der Waals surface area contributed by atoms with Crippen molar-refractivity contribution < 1.29 is 8.95 Å². The molecule has 0 saturated carbocycles. The molecule has 2 aromatic rings. The van der Waals surface area contributed by atoms with Crippen LogP contribution in [0.15, 0.2) is 18.2 Å². The molecule has 0 amide bonds. The zero-order chi connectivity index (χ0) is 14.5. The van der Waals surface area contributed by atoms with Crippen molar-refractivity contribution in [1.29, 1.82) is 0 Å². The fourth-order valence-electron chi connectivity index (χ4n) is 1.91. The normalized spacial score (nSPS) is 12.3. The van der Waals surface area contributed by atoms with Crippen molar-refractivity contribution in [3.63, 3.8) is 0 Å². The van der Waals surface area contributed by atoms with Gasteiger partial charge >= 0.3 is 0 Å². The molecule has 0 saturated heterocycles. The highest BCUT2D eigenvalue weighted by Gasteiger charge is 2.16. The van der Waals surface area contributed by atoms with E-state index in [4.69, 9.17) is 10.5 Å². The number of nitrogens with two attached hydrogens (primary N) is 1. The first-order valence-corrected chi connectivity index (χ1v) is 7.85.